The molecule has 0 aliphatic rings. The van der Waals surface area contributed by atoms with Crippen LogP contribution in [0.15, 0.2) is 82.2 Å². The van der Waals surface area contributed by atoms with E-state index in [1.165, 1.54) is 17.0 Å². The van der Waals surface area contributed by atoms with Gasteiger partial charge in [0, 0.05) is 22.6 Å². The molecule has 2 amide bonds. The van der Waals surface area contributed by atoms with Crippen LogP contribution in [0, 0.1) is 6.92 Å². The average molecular weight is 649 g/mol. The van der Waals surface area contributed by atoms with E-state index < -0.39 is 28.5 Å². The van der Waals surface area contributed by atoms with Crippen molar-refractivity contribution in [2.45, 2.75) is 57.5 Å². The number of anilines is 1. The number of sulfonamides is 1. The molecular weight excluding hydrogens is 614 g/mol. The summed E-state index contributed by atoms with van der Waals surface area (Å²) in [5.74, 6) is -0.802. The summed E-state index contributed by atoms with van der Waals surface area (Å²) in [6.45, 7) is 5.77. The van der Waals surface area contributed by atoms with Gasteiger partial charge in [0.15, 0.2) is 0 Å². The number of hydrogen-bond acceptors (Lipinski definition) is 4. The zero-order chi connectivity index (χ0) is 29.3. The summed E-state index contributed by atoms with van der Waals surface area (Å²) in [6.07, 6.45) is 2.07. The number of nitrogens with one attached hydrogen (secondary N) is 1. The lowest BCUT2D eigenvalue weighted by molar-refractivity contribution is -0.140. The van der Waals surface area contributed by atoms with E-state index in [0.717, 1.165) is 27.2 Å². The Morgan fingerprint density at radius 3 is 2.23 bits per heavy atom. The maximum atomic E-state index is 14.1. The summed E-state index contributed by atoms with van der Waals surface area (Å²) >= 11 is 9.82. The first-order chi connectivity index (χ1) is 19.1. The fourth-order valence-electron chi connectivity index (χ4n) is 4.21. The molecule has 0 heterocycles. The van der Waals surface area contributed by atoms with Gasteiger partial charge < -0.3 is 10.2 Å². The molecule has 3 aromatic rings. The molecule has 1 N–H and O–H groups in total. The normalized spacial score (nSPS) is 12.0. The Labute approximate surface area is 250 Å². The van der Waals surface area contributed by atoms with E-state index in [-0.39, 0.29) is 17.3 Å². The van der Waals surface area contributed by atoms with Gasteiger partial charge in [0.1, 0.15) is 12.6 Å². The van der Waals surface area contributed by atoms with Gasteiger partial charge in [-0.1, -0.05) is 83.7 Å². The van der Waals surface area contributed by atoms with Crippen molar-refractivity contribution in [1.29, 1.82) is 0 Å². The van der Waals surface area contributed by atoms with Crippen LogP contribution in [0.4, 0.5) is 5.69 Å². The van der Waals surface area contributed by atoms with Crippen molar-refractivity contribution in [2.75, 3.05) is 17.4 Å². The number of benzene rings is 3. The summed E-state index contributed by atoms with van der Waals surface area (Å²) in [7, 11) is -4.12. The predicted octanol–water partition coefficient (Wildman–Crippen LogP) is 6.33. The Hall–Kier alpha value is -2.88. The minimum Gasteiger partial charge on any atom is -0.354 e. The monoisotopic (exact) mass is 647 g/mol. The van der Waals surface area contributed by atoms with Crippen molar-refractivity contribution in [1.82, 2.24) is 10.2 Å². The molecule has 0 spiro atoms. The van der Waals surface area contributed by atoms with Crippen LogP contribution < -0.4 is 9.62 Å². The summed E-state index contributed by atoms with van der Waals surface area (Å²) < 4.78 is 29.6. The molecule has 40 heavy (non-hydrogen) atoms. The quantitative estimate of drug-likeness (QED) is 0.220. The topological polar surface area (TPSA) is 86.8 Å². The van der Waals surface area contributed by atoms with Crippen molar-refractivity contribution in [3.05, 3.63) is 93.4 Å². The first-order valence-electron chi connectivity index (χ1n) is 13.2. The Bertz CT molecular complexity index is 1400. The number of aryl methyl sites for hydroxylation is 1. The second kappa shape index (κ2) is 14.7. The fourth-order valence-corrected chi connectivity index (χ4v) is 6.08. The molecule has 0 fully saturated rings. The Morgan fingerprint density at radius 1 is 0.975 bits per heavy atom. The second-order valence-corrected chi connectivity index (χ2v) is 12.7. The summed E-state index contributed by atoms with van der Waals surface area (Å²) in [6, 6.07) is 19.5. The van der Waals surface area contributed by atoms with E-state index in [2.05, 4.69) is 21.2 Å². The second-order valence-electron chi connectivity index (χ2n) is 9.48. The highest BCUT2D eigenvalue weighted by molar-refractivity contribution is 9.10. The largest absolute Gasteiger partial charge is 0.354 e. The third kappa shape index (κ3) is 8.08. The Balaban J connectivity index is 2.04. The molecule has 0 aliphatic carbocycles. The van der Waals surface area contributed by atoms with Gasteiger partial charge in [0.05, 0.1) is 10.6 Å². The van der Waals surface area contributed by atoms with Crippen LogP contribution in [0.3, 0.4) is 0 Å². The molecular formula is C30H35BrClN3O4S. The maximum absolute atomic E-state index is 14.1. The van der Waals surface area contributed by atoms with Gasteiger partial charge in [-0.05, 0) is 67.8 Å². The Morgan fingerprint density at radius 2 is 1.62 bits per heavy atom. The molecule has 0 radical (unpaired) electrons. The highest BCUT2D eigenvalue weighted by atomic mass is 79.9. The van der Waals surface area contributed by atoms with Crippen molar-refractivity contribution in [2.24, 2.45) is 0 Å². The fraction of sp³-hybridized carbons (Fsp3) is 0.333. The first kappa shape index (κ1) is 31.6. The van der Waals surface area contributed by atoms with E-state index in [4.69, 9.17) is 11.6 Å². The molecule has 214 valence electrons. The molecule has 0 bridgehead atoms. The number of carbonyl (C=O) groups excluding carboxylic acids is 2. The van der Waals surface area contributed by atoms with E-state index in [1.807, 2.05) is 26.8 Å². The number of rotatable bonds is 13. The van der Waals surface area contributed by atoms with Crippen LogP contribution >= 0.6 is 27.5 Å². The maximum Gasteiger partial charge on any atom is 0.264 e. The summed E-state index contributed by atoms with van der Waals surface area (Å²) in [5, 5.41) is 3.38. The van der Waals surface area contributed by atoms with Crippen LogP contribution in [0.25, 0.3) is 0 Å². The molecule has 3 rings (SSSR count). The molecule has 0 aromatic heterocycles. The molecule has 7 nitrogen and oxygen atoms in total. The number of amides is 2. The third-order valence-electron chi connectivity index (χ3n) is 6.52. The predicted molar refractivity (Wildman–Crippen MR) is 164 cm³/mol. The van der Waals surface area contributed by atoms with E-state index in [1.54, 1.807) is 54.6 Å². The van der Waals surface area contributed by atoms with Gasteiger partial charge in [-0.15, -0.1) is 0 Å². The first-order valence-corrected chi connectivity index (χ1v) is 15.8. The minimum atomic E-state index is -4.12. The standard InChI is InChI=1S/C30H35BrClN3O4S/c1-4-6-19-33-30(37)28(5-2)34(20-23-9-7-8-10-27(23)32)29(36)21-35(25-15-13-24(31)14-16-25)40(38,39)26-17-11-22(3)12-18-26/h7-18,28H,4-6,19-21H2,1-3H3,(H,33,37)/t28-/m0/s1. The van der Waals surface area contributed by atoms with Crippen molar-refractivity contribution >= 4 is 55.1 Å². The zero-order valence-electron chi connectivity index (χ0n) is 22.9. The smallest absolute Gasteiger partial charge is 0.264 e. The summed E-state index contributed by atoms with van der Waals surface area (Å²) in [4.78, 5) is 28.8. The van der Waals surface area contributed by atoms with Crippen LogP contribution in [0.2, 0.25) is 5.02 Å². The third-order valence-corrected chi connectivity index (χ3v) is 9.20. The van der Waals surface area contributed by atoms with E-state index in [0.29, 0.717) is 29.2 Å². The van der Waals surface area contributed by atoms with Gasteiger partial charge in [-0.3, -0.25) is 13.9 Å². The van der Waals surface area contributed by atoms with Crippen molar-refractivity contribution in [3.8, 4) is 0 Å². The number of hydrogen-bond donors (Lipinski definition) is 1. The number of nitrogens with zero attached hydrogens (tertiary/aromatic N) is 2. The lowest BCUT2D eigenvalue weighted by atomic mass is 10.1. The number of halogens is 2. The average Bonchev–Trinajstić information content (AvgIpc) is 2.93. The van der Waals surface area contributed by atoms with Crippen LogP contribution in [0.1, 0.15) is 44.2 Å². The molecule has 10 heteroatoms. The van der Waals surface area contributed by atoms with Crippen LogP contribution in [-0.2, 0) is 26.2 Å². The van der Waals surface area contributed by atoms with Crippen molar-refractivity contribution in [3.63, 3.8) is 0 Å². The lowest BCUT2D eigenvalue weighted by Gasteiger charge is -2.33. The minimum absolute atomic E-state index is 0.0525. The lowest BCUT2D eigenvalue weighted by Crippen LogP contribution is -2.52. The molecule has 0 aliphatic heterocycles. The van der Waals surface area contributed by atoms with Gasteiger partial charge in [0.25, 0.3) is 10.0 Å². The highest BCUT2D eigenvalue weighted by Gasteiger charge is 2.33. The van der Waals surface area contributed by atoms with Gasteiger partial charge in [0.2, 0.25) is 11.8 Å². The number of unbranched alkanes of at least 4 members (excludes halogenated alkanes) is 1. The van der Waals surface area contributed by atoms with E-state index >= 15 is 0 Å². The van der Waals surface area contributed by atoms with Crippen LogP contribution in [-0.4, -0.2) is 44.3 Å². The van der Waals surface area contributed by atoms with Gasteiger partial charge in [-0.2, -0.15) is 0 Å². The van der Waals surface area contributed by atoms with Crippen molar-refractivity contribution < 1.29 is 18.0 Å². The SMILES string of the molecule is CCCCNC(=O)[C@H](CC)N(Cc1ccccc1Cl)C(=O)CN(c1ccc(Br)cc1)S(=O)(=O)c1ccc(C)cc1. The van der Waals surface area contributed by atoms with E-state index in [9.17, 15) is 18.0 Å². The van der Waals surface area contributed by atoms with Gasteiger partial charge >= 0.3 is 0 Å². The molecule has 0 saturated carbocycles. The molecule has 0 unspecified atom stereocenters. The van der Waals surface area contributed by atoms with Gasteiger partial charge in [-0.25, -0.2) is 8.42 Å². The van der Waals surface area contributed by atoms with Crippen LogP contribution in [0.5, 0.6) is 0 Å². The molecule has 3 aromatic carbocycles. The Kier molecular flexibility index (Phi) is 11.6. The summed E-state index contributed by atoms with van der Waals surface area (Å²) in [5.41, 5.74) is 1.90. The highest BCUT2D eigenvalue weighted by Crippen LogP contribution is 2.27. The molecule has 0 saturated heterocycles. The number of carbonyl (C=O) groups is 2. The molecule has 1 atom stereocenters. The zero-order valence-corrected chi connectivity index (χ0v) is 26.1.